The van der Waals surface area contributed by atoms with E-state index in [-0.39, 0.29) is 12.5 Å². The summed E-state index contributed by atoms with van der Waals surface area (Å²) in [5.41, 5.74) is 4.20. The fourth-order valence-electron chi connectivity index (χ4n) is 1.45. The topological polar surface area (TPSA) is 66.4 Å². The first kappa shape index (κ1) is 14.2. The van der Waals surface area contributed by atoms with E-state index in [4.69, 9.17) is 0 Å². The van der Waals surface area contributed by atoms with Crippen LogP contribution in [-0.4, -0.2) is 23.7 Å². The van der Waals surface area contributed by atoms with Crippen molar-refractivity contribution in [2.75, 3.05) is 11.9 Å². The molecule has 1 aromatic heterocycles. The molecule has 5 nitrogen and oxygen atoms in total. The zero-order valence-corrected chi connectivity index (χ0v) is 12.2. The molecule has 102 valence electrons. The monoisotopic (exact) mass is 332 g/mol. The number of amides is 1. The van der Waals surface area contributed by atoms with Crippen LogP contribution in [0.4, 0.5) is 5.69 Å². The molecule has 2 aromatic rings. The molecule has 2 rings (SSSR count). The lowest BCUT2D eigenvalue weighted by Gasteiger charge is -2.05. The molecule has 0 aliphatic carbocycles. The molecule has 0 atom stereocenters. The average molecular weight is 333 g/mol. The van der Waals surface area contributed by atoms with Gasteiger partial charge in [-0.1, -0.05) is 22.0 Å². The second-order valence-corrected chi connectivity index (χ2v) is 4.85. The highest BCUT2D eigenvalue weighted by Crippen LogP contribution is 2.14. The van der Waals surface area contributed by atoms with Gasteiger partial charge in [-0.2, -0.15) is 5.10 Å². The minimum atomic E-state index is -0.213. The number of nitrogens with zero attached hydrogens (tertiary/aromatic N) is 2. The quantitative estimate of drug-likeness (QED) is 0.652. The third-order valence-electron chi connectivity index (χ3n) is 2.39. The smallest absolute Gasteiger partial charge is 0.259 e. The van der Waals surface area contributed by atoms with Crippen molar-refractivity contribution in [1.29, 1.82) is 0 Å². The number of aromatic nitrogens is 1. The van der Waals surface area contributed by atoms with Gasteiger partial charge in [0, 0.05) is 22.6 Å². The summed E-state index contributed by atoms with van der Waals surface area (Å²) in [6, 6.07) is 11.2. The van der Waals surface area contributed by atoms with Gasteiger partial charge in [-0.05, 0) is 35.9 Å². The maximum absolute atomic E-state index is 11.6. The van der Waals surface area contributed by atoms with Gasteiger partial charge in [-0.3, -0.25) is 9.78 Å². The van der Waals surface area contributed by atoms with Gasteiger partial charge in [0.05, 0.1) is 12.8 Å². The SMILES string of the molecule is O=C(CNc1cccc(Br)c1)N/N=C/c1ccncc1. The number of halogens is 1. The molecule has 2 N–H and O–H groups in total. The molecule has 1 amide bonds. The van der Waals surface area contributed by atoms with E-state index in [2.05, 4.69) is 36.8 Å². The minimum Gasteiger partial charge on any atom is -0.376 e. The molecule has 0 saturated carbocycles. The summed E-state index contributed by atoms with van der Waals surface area (Å²) in [4.78, 5) is 15.5. The molecule has 0 spiro atoms. The van der Waals surface area contributed by atoms with Gasteiger partial charge in [0.25, 0.3) is 5.91 Å². The van der Waals surface area contributed by atoms with Crippen molar-refractivity contribution in [3.8, 4) is 0 Å². The van der Waals surface area contributed by atoms with Crippen LogP contribution in [0.1, 0.15) is 5.56 Å². The predicted octanol–water partition coefficient (Wildman–Crippen LogP) is 2.41. The number of nitrogens with one attached hydrogen (secondary N) is 2. The van der Waals surface area contributed by atoms with E-state index in [0.717, 1.165) is 15.7 Å². The van der Waals surface area contributed by atoms with E-state index in [1.54, 1.807) is 30.7 Å². The number of carbonyl (C=O) groups excluding carboxylic acids is 1. The fourth-order valence-corrected chi connectivity index (χ4v) is 1.85. The molecule has 0 aliphatic heterocycles. The third kappa shape index (κ3) is 4.81. The number of hydrogen-bond donors (Lipinski definition) is 2. The number of hydrazone groups is 1. The fraction of sp³-hybridized carbons (Fsp3) is 0.0714. The summed E-state index contributed by atoms with van der Waals surface area (Å²) in [7, 11) is 0. The Bertz CT molecular complexity index is 601. The molecule has 20 heavy (non-hydrogen) atoms. The van der Waals surface area contributed by atoms with Crippen LogP contribution in [0.5, 0.6) is 0 Å². The highest BCUT2D eigenvalue weighted by molar-refractivity contribution is 9.10. The Hall–Kier alpha value is -2.21. The van der Waals surface area contributed by atoms with Crippen LogP contribution in [0.2, 0.25) is 0 Å². The number of benzene rings is 1. The largest absolute Gasteiger partial charge is 0.376 e. The van der Waals surface area contributed by atoms with Gasteiger partial charge >= 0.3 is 0 Å². The molecule has 0 radical (unpaired) electrons. The molecule has 1 aromatic carbocycles. The van der Waals surface area contributed by atoms with Crippen molar-refractivity contribution < 1.29 is 4.79 Å². The molecule has 6 heteroatoms. The number of rotatable bonds is 5. The summed E-state index contributed by atoms with van der Waals surface area (Å²) in [5.74, 6) is -0.213. The Kier molecular flexibility index (Phi) is 5.25. The van der Waals surface area contributed by atoms with Crippen LogP contribution >= 0.6 is 15.9 Å². The zero-order chi connectivity index (χ0) is 14.2. The van der Waals surface area contributed by atoms with Gasteiger partial charge in [0.1, 0.15) is 0 Å². The van der Waals surface area contributed by atoms with Crippen molar-refractivity contribution >= 4 is 33.7 Å². The van der Waals surface area contributed by atoms with Crippen molar-refractivity contribution in [1.82, 2.24) is 10.4 Å². The summed E-state index contributed by atoms with van der Waals surface area (Å²) < 4.78 is 0.957. The van der Waals surface area contributed by atoms with E-state index >= 15 is 0 Å². The Balaban J connectivity index is 1.77. The van der Waals surface area contributed by atoms with Crippen molar-refractivity contribution in [2.24, 2.45) is 5.10 Å². The van der Waals surface area contributed by atoms with Gasteiger partial charge in [0.2, 0.25) is 0 Å². The second kappa shape index (κ2) is 7.40. The summed E-state index contributed by atoms with van der Waals surface area (Å²) in [6.07, 6.45) is 4.90. The van der Waals surface area contributed by atoms with Crippen LogP contribution < -0.4 is 10.7 Å². The molecule has 0 unspecified atom stereocenters. The van der Waals surface area contributed by atoms with Crippen LogP contribution in [0.15, 0.2) is 58.4 Å². The van der Waals surface area contributed by atoms with Crippen molar-refractivity contribution in [2.45, 2.75) is 0 Å². The van der Waals surface area contributed by atoms with Crippen LogP contribution in [0.25, 0.3) is 0 Å². The molecule has 0 aliphatic rings. The maximum Gasteiger partial charge on any atom is 0.259 e. The molecule has 0 bridgehead atoms. The van der Waals surface area contributed by atoms with E-state index in [1.165, 1.54) is 0 Å². The van der Waals surface area contributed by atoms with E-state index in [0.29, 0.717) is 0 Å². The Morgan fingerprint density at radius 2 is 2.10 bits per heavy atom. The number of anilines is 1. The highest BCUT2D eigenvalue weighted by atomic mass is 79.9. The summed E-state index contributed by atoms with van der Waals surface area (Å²) in [6.45, 7) is 0.157. The average Bonchev–Trinajstić information content (AvgIpc) is 2.46. The highest BCUT2D eigenvalue weighted by Gasteiger charge is 1.99. The van der Waals surface area contributed by atoms with Gasteiger partial charge in [-0.15, -0.1) is 0 Å². The van der Waals surface area contributed by atoms with Crippen molar-refractivity contribution in [3.63, 3.8) is 0 Å². The van der Waals surface area contributed by atoms with Crippen LogP contribution in [0, 0.1) is 0 Å². The minimum absolute atomic E-state index is 0.157. The summed E-state index contributed by atoms with van der Waals surface area (Å²) in [5, 5.41) is 6.88. The predicted molar refractivity (Wildman–Crippen MR) is 82.6 cm³/mol. The summed E-state index contributed by atoms with van der Waals surface area (Å²) >= 11 is 3.37. The van der Waals surface area contributed by atoms with Gasteiger partial charge < -0.3 is 5.32 Å². The molecular formula is C14H13BrN4O. The van der Waals surface area contributed by atoms with Crippen LogP contribution in [-0.2, 0) is 4.79 Å². The molecule has 0 fully saturated rings. The zero-order valence-electron chi connectivity index (χ0n) is 10.6. The Labute approximate surface area is 125 Å². The number of pyridine rings is 1. The first-order valence-electron chi connectivity index (χ1n) is 5.95. The van der Waals surface area contributed by atoms with E-state index < -0.39 is 0 Å². The second-order valence-electron chi connectivity index (χ2n) is 3.94. The first-order valence-corrected chi connectivity index (χ1v) is 6.75. The van der Waals surface area contributed by atoms with E-state index in [1.807, 2.05) is 24.3 Å². The normalized spacial score (nSPS) is 10.4. The van der Waals surface area contributed by atoms with E-state index in [9.17, 15) is 4.79 Å². The Morgan fingerprint density at radius 1 is 1.30 bits per heavy atom. The molecular weight excluding hydrogens is 320 g/mol. The van der Waals surface area contributed by atoms with Crippen molar-refractivity contribution in [3.05, 3.63) is 58.8 Å². The standard InChI is InChI=1S/C14H13BrN4O/c15-12-2-1-3-13(8-12)17-10-14(20)19-18-9-11-4-6-16-7-5-11/h1-9,17H,10H2,(H,19,20)/b18-9+. The maximum atomic E-state index is 11.6. The van der Waals surface area contributed by atoms with Gasteiger partial charge in [-0.25, -0.2) is 5.43 Å². The first-order chi connectivity index (χ1) is 9.74. The van der Waals surface area contributed by atoms with Gasteiger partial charge in [0.15, 0.2) is 0 Å². The lowest BCUT2D eigenvalue weighted by Crippen LogP contribution is -2.25. The Morgan fingerprint density at radius 3 is 2.85 bits per heavy atom. The third-order valence-corrected chi connectivity index (χ3v) is 2.88. The van der Waals surface area contributed by atoms with Crippen LogP contribution in [0.3, 0.4) is 0 Å². The molecule has 1 heterocycles. The number of hydrogen-bond acceptors (Lipinski definition) is 4. The number of carbonyl (C=O) groups is 1. The lowest BCUT2D eigenvalue weighted by atomic mass is 10.3. The lowest BCUT2D eigenvalue weighted by molar-refractivity contribution is -0.119. The molecule has 0 saturated heterocycles.